The summed E-state index contributed by atoms with van der Waals surface area (Å²) in [4.78, 5) is 1.58. The molecule has 1 aromatic heterocycles. The summed E-state index contributed by atoms with van der Waals surface area (Å²) < 4.78 is 5.34. The molecule has 1 heterocycles. The van der Waals surface area contributed by atoms with Gasteiger partial charge in [0.1, 0.15) is 11.5 Å². The van der Waals surface area contributed by atoms with Crippen LogP contribution in [0.25, 0.3) is 0 Å². The van der Waals surface area contributed by atoms with Gasteiger partial charge in [-0.2, -0.15) is 5.26 Å². The van der Waals surface area contributed by atoms with Crippen molar-refractivity contribution < 1.29 is 4.42 Å². The molecule has 64 valence electrons. The number of aryl methyl sites for hydroxylation is 1. The summed E-state index contributed by atoms with van der Waals surface area (Å²) in [5, 5.41) is 8.46. The summed E-state index contributed by atoms with van der Waals surface area (Å²) in [5.41, 5.74) is 0. The maximum Gasteiger partial charge on any atom is 0.179 e. The molecule has 0 amide bonds. The van der Waals surface area contributed by atoms with Gasteiger partial charge in [0.05, 0.1) is 0 Å². The Balaban J connectivity index is 2.39. The van der Waals surface area contributed by atoms with Crippen LogP contribution >= 0.6 is 0 Å². The van der Waals surface area contributed by atoms with Crippen molar-refractivity contribution in [2.75, 3.05) is 13.6 Å². The summed E-state index contributed by atoms with van der Waals surface area (Å²) in [6, 6.07) is 3.88. The first-order valence-corrected chi connectivity index (χ1v) is 3.88. The summed E-state index contributed by atoms with van der Waals surface area (Å²) in [5.74, 6) is 1.86. The lowest BCUT2D eigenvalue weighted by molar-refractivity contribution is 0.426. The summed E-state index contributed by atoms with van der Waals surface area (Å²) in [6.45, 7) is 2.63. The second kappa shape index (κ2) is 3.82. The molecule has 0 bridgehead atoms. The first kappa shape index (κ1) is 8.66. The Hall–Kier alpha value is -1.43. The first-order valence-electron chi connectivity index (χ1n) is 3.88. The number of nitrogens with zero attached hydrogens (tertiary/aromatic N) is 2. The van der Waals surface area contributed by atoms with Gasteiger partial charge in [0.2, 0.25) is 0 Å². The Morgan fingerprint density at radius 2 is 2.33 bits per heavy atom. The fraction of sp³-hybridized carbons (Fsp3) is 0.444. The smallest absolute Gasteiger partial charge is 0.179 e. The molecule has 0 saturated heterocycles. The average molecular weight is 164 g/mol. The number of hydrogen-bond donors (Lipinski definition) is 0. The molecule has 1 rings (SSSR count). The molecule has 0 aliphatic rings. The van der Waals surface area contributed by atoms with Crippen molar-refractivity contribution >= 4 is 0 Å². The van der Waals surface area contributed by atoms with Gasteiger partial charge in [-0.15, -0.1) is 0 Å². The van der Waals surface area contributed by atoms with Gasteiger partial charge in [0.15, 0.2) is 6.19 Å². The zero-order chi connectivity index (χ0) is 8.97. The van der Waals surface area contributed by atoms with Crippen LogP contribution < -0.4 is 0 Å². The quantitative estimate of drug-likeness (QED) is 0.502. The van der Waals surface area contributed by atoms with E-state index in [0.717, 1.165) is 17.9 Å². The van der Waals surface area contributed by atoms with E-state index >= 15 is 0 Å². The molecule has 0 saturated carbocycles. The van der Waals surface area contributed by atoms with Crippen molar-refractivity contribution in [3.05, 3.63) is 23.7 Å². The topological polar surface area (TPSA) is 40.2 Å². The summed E-state index contributed by atoms with van der Waals surface area (Å²) in [7, 11) is 1.76. The Morgan fingerprint density at radius 3 is 2.83 bits per heavy atom. The molecule has 0 aliphatic carbocycles. The summed E-state index contributed by atoms with van der Waals surface area (Å²) in [6.07, 6.45) is 2.82. The van der Waals surface area contributed by atoms with E-state index in [1.807, 2.05) is 25.2 Å². The monoisotopic (exact) mass is 164 g/mol. The third kappa shape index (κ3) is 2.31. The highest BCUT2D eigenvalue weighted by Crippen LogP contribution is 2.06. The molecule has 12 heavy (non-hydrogen) atoms. The van der Waals surface area contributed by atoms with E-state index in [0.29, 0.717) is 6.54 Å². The number of rotatable bonds is 3. The second-order valence-electron chi connectivity index (χ2n) is 2.78. The molecular weight excluding hydrogens is 152 g/mol. The normalized spacial score (nSPS) is 9.42. The standard InChI is InChI=1S/C9H12N2O/c1-8-3-4-9(12-8)5-6-11(2)7-10/h3-4H,5-6H2,1-2H3. The largest absolute Gasteiger partial charge is 0.466 e. The van der Waals surface area contributed by atoms with Crippen LogP contribution in [0.3, 0.4) is 0 Å². The molecule has 1 aromatic rings. The van der Waals surface area contributed by atoms with E-state index in [-0.39, 0.29) is 0 Å². The predicted octanol–water partition coefficient (Wildman–Crippen LogP) is 1.54. The van der Waals surface area contributed by atoms with Crippen LogP contribution in [0.1, 0.15) is 11.5 Å². The Kier molecular flexibility index (Phi) is 2.76. The lowest BCUT2D eigenvalue weighted by Crippen LogP contribution is -2.14. The Morgan fingerprint density at radius 1 is 1.58 bits per heavy atom. The van der Waals surface area contributed by atoms with Crippen molar-refractivity contribution in [2.45, 2.75) is 13.3 Å². The highest BCUT2D eigenvalue weighted by molar-refractivity contribution is 5.05. The van der Waals surface area contributed by atoms with Crippen LogP contribution in [0.15, 0.2) is 16.5 Å². The number of nitriles is 1. The maximum absolute atomic E-state index is 8.46. The van der Waals surface area contributed by atoms with E-state index in [1.165, 1.54) is 0 Å². The highest BCUT2D eigenvalue weighted by atomic mass is 16.3. The van der Waals surface area contributed by atoms with Crippen LogP contribution in [-0.2, 0) is 6.42 Å². The minimum absolute atomic E-state index is 0.712. The molecular formula is C9H12N2O. The third-order valence-electron chi connectivity index (χ3n) is 1.66. The molecule has 0 fully saturated rings. The van der Waals surface area contributed by atoms with Crippen LogP contribution in [0.2, 0.25) is 0 Å². The zero-order valence-corrected chi connectivity index (χ0v) is 7.37. The molecule has 0 atom stereocenters. The number of furan rings is 1. The van der Waals surface area contributed by atoms with Crippen molar-refractivity contribution in [1.29, 1.82) is 5.26 Å². The molecule has 3 nitrogen and oxygen atoms in total. The summed E-state index contributed by atoms with van der Waals surface area (Å²) >= 11 is 0. The molecule has 0 aromatic carbocycles. The van der Waals surface area contributed by atoms with Gasteiger partial charge in [0, 0.05) is 20.0 Å². The molecule has 0 spiro atoms. The SMILES string of the molecule is Cc1ccc(CCN(C)C#N)o1. The third-order valence-corrected chi connectivity index (χ3v) is 1.66. The molecule has 3 heteroatoms. The minimum Gasteiger partial charge on any atom is -0.466 e. The lowest BCUT2D eigenvalue weighted by Gasteiger charge is -2.05. The minimum atomic E-state index is 0.712. The molecule has 0 radical (unpaired) electrons. The van der Waals surface area contributed by atoms with Crippen LogP contribution in [0.5, 0.6) is 0 Å². The highest BCUT2D eigenvalue weighted by Gasteiger charge is 1.99. The van der Waals surface area contributed by atoms with E-state index in [1.54, 1.807) is 11.9 Å². The fourth-order valence-electron chi connectivity index (χ4n) is 0.947. The van der Waals surface area contributed by atoms with Crippen molar-refractivity contribution in [1.82, 2.24) is 4.90 Å². The van der Waals surface area contributed by atoms with Gasteiger partial charge in [-0.3, -0.25) is 0 Å². The van der Waals surface area contributed by atoms with Gasteiger partial charge in [-0.05, 0) is 19.1 Å². The van der Waals surface area contributed by atoms with Crippen molar-refractivity contribution in [2.24, 2.45) is 0 Å². The van der Waals surface area contributed by atoms with Gasteiger partial charge in [-0.1, -0.05) is 0 Å². The van der Waals surface area contributed by atoms with Gasteiger partial charge in [0.25, 0.3) is 0 Å². The van der Waals surface area contributed by atoms with Crippen LogP contribution in [-0.4, -0.2) is 18.5 Å². The first-order chi connectivity index (χ1) is 5.72. The van der Waals surface area contributed by atoms with E-state index in [9.17, 15) is 0 Å². The number of likely N-dealkylation sites (N-methyl/N-ethyl adjacent to an activating group) is 1. The van der Waals surface area contributed by atoms with E-state index < -0.39 is 0 Å². The second-order valence-corrected chi connectivity index (χ2v) is 2.78. The zero-order valence-electron chi connectivity index (χ0n) is 7.37. The van der Waals surface area contributed by atoms with E-state index in [4.69, 9.17) is 9.68 Å². The van der Waals surface area contributed by atoms with Crippen molar-refractivity contribution in [3.63, 3.8) is 0 Å². The van der Waals surface area contributed by atoms with Crippen molar-refractivity contribution in [3.8, 4) is 6.19 Å². The Labute approximate surface area is 72.2 Å². The van der Waals surface area contributed by atoms with Gasteiger partial charge < -0.3 is 9.32 Å². The maximum atomic E-state index is 8.46. The average Bonchev–Trinajstić information content (AvgIpc) is 2.47. The lowest BCUT2D eigenvalue weighted by atomic mass is 10.3. The van der Waals surface area contributed by atoms with Gasteiger partial charge >= 0.3 is 0 Å². The van der Waals surface area contributed by atoms with E-state index in [2.05, 4.69) is 0 Å². The number of hydrogen-bond acceptors (Lipinski definition) is 3. The predicted molar refractivity (Wildman–Crippen MR) is 45.4 cm³/mol. The molecule has 0 unspecified atom stereocenters. The van der Waals surface area contributed by atoms with Gasteiger partial charge in [-0.25, -0.2) is 0 Å². The van der Waals surface area contributed by atoms with Crippen LogP contribution in [0.4, 0.5) is 0 Å². The molecule has 0 N–H and O–H groups in total. The Bertz CT molecular complexity index is 285. The van der Waals surface area contributed by atoms with Crippen LogP contribution in [0, 0.1) is 18.4 Å². The molecule has 0 aliphatic heterocycles. The fourth-order valence-corrected chi connectivity index (χ4v) is 0.947.